The van der Waals surface area contributed by atoms with E-state index in [1.807, 2.05) is 0 Å². The van der Waals surface area contributed by atoms with Gasteiger partial charge in [0.2, 0.25) is 11.8 Å². The van der Waals surface area contributed by atoms with Crippen molar-refractivity contribution in [2.45, 2.75) is 0 Å². The van der Waals surface area contributed by atoms with Crippen LogP contribution in [0.25, 0.3) is 0 Å². The molecule has 0 aliphatic carbocycles. The maximum Gasteiger partial charge on any atom is 0.329 e. The SMILES string of the molecule is O=C(O)COCC(=O)O.O=C1CNCCN1.O=C1CNCCN1. The second-order valence-corrected chi connectivity index (χ2v) is 4.33. The number of amides is 2. The Labute approximate surface area is 132 Å². The quantitative estimate of drug-likeness (QED) is 0.307. The number of aliphatic carboxylic acids is 2. The average molecular weight is 334 g/mol. The molecular formula is C12H22N4O7. The average Bonchev–Trinajstić information content (AvgIpc) is 2.49. The number of carboxylic acid groups (broad SMARTS) is 2. The summed E-state index contributed by atoms with van der Waals surface area (Å²) in [6.07, 6.45) is 0. The van der Waals surface area contributed by atoms with Crippen LogP contribution in [0, 0.1) is 0 Å². The van der Waals surface area contributed by atoms with Crippen molar-refractivity contribution in [3.05, 3.63) is 0 Å². The molecule has 0 atom stereocenters. The van der Waals surface area contributed by atoms with Crippen LogP contribution in [0.3, 0.4) is 0 Å². The van der Waals surface area contributed by atoms with Gasteiger partial charge in [-0.2, -0.15) is 0 Å². The highest BCUT2D eigenvalue weighted by atomic mass is 16.5. The number of hydrogen-bond acceptors (Lipinski definition) is 7. The van der Waals surface area contributed by atoms with Gasteiger partial charge < -0.3 is 36.2 Å². The molecule has 0 radical (unpaired) electrons. The summed E-state index contributed by atoms with van der Waals surface area (Å²) in [5, 5.41) is 27.0. The number of carbonyl (C=O) groups is 4. The minimum Gasteiger partial charge on any atom is -0.480 e. The van der Waals surface area contributed by atoms with E-state index in [1.165, 1.54) is 0 Å². The number of carbonyl (C=O) groups excluding carboxylic acids is 2. The zero-order valence-corrected chi connectivity index (χ0v) is 12.6. The van der Waals surface area contributed by atoms with Crippen LogP contribution >= 0.6 is 0 Å². The standard InChI is InChI=1S/2C4H8N2O.C4H6O5/c2*7-4-3-5-1-2-6-4;5-3(6)1-9-2-4(7)8/h2*5H,1-3H2,(H,6,7);1-2H2,(H,5,6)(H,7,8). The Balaban J connectivity index is 0.000000318. The van der Waals surface area contributed by atoms with Gasteiger partial charge in [0, 0.05) is 26.2 Å². The largest absolute Gasteiger partial charge is 0.480 e. The summed E-state index contributed by atoms with van der Waals surface area (Å²) in [6.45, 7) is 3.22. The van der Waals surface area contributed by atoms with Crippen molar-refractivity contribution in [3.63, 3.8) is 0 Å². The molecule has 2 aliphatic heterocycles. The summed E-state index contributed by atoms with van der Waals surface area (Å²) in [4.78, 5) is 39.9. The van der Waals surface area contributed by atoms with Crippen LogP contribution in [0.5, 0.6) is 0 Å². The van der Waals surface area contributed by atoms with E-state index in [2.05, 4.69) is 26.0 Å². The molecule has 2 rings (SSSR count). The fourth-order valence-corrected chi connectivity index (χ4v) is 1.34. The van der Waals surface area contributed by atoms with Crippen molar-refractivity contribution in [1.29, 1.82) is 0 Å². The van der Waals surface area contributed by atoms with E-state index in [4.69, 9.17) is 10.2 Å². The van der Waals surface area contributed by atoms with Crippen LogP contribution < -0.4 is 21.3 Å². The van der Waals surface area contributed by atoms with Crippen LogP contribution in [0.15, 0.2) is 0 Å². The third-order valence-corrected chi connectivity index (χ3v) is 2.27. The summed E-state index contributed by atoms with van der Waals surface area (Å²) < 4.78 is 4.16. The molecule has 23 heavy (non-hydrogen) atoms. The Hall–Kier alpha value is -2.24. The fraction of sp³-hybridized carbons (Fsp3) is 0.667. The van der Waals surface area contributed by atoms with Gasteiger partial charge in [-0.15, -0.1) is 0 Å². The molecular weight excluding hydrogens is 312 g/mol. The number of carboxylic acids is 2. The first-order chi connectivity index (χ1) is 10.9. The van der Waals surface area contributed by atoms with Crippen LogP contribution in [-0.4, -0.2) is 86.4 Å². The molecule has 0 aromatic heterocycles. The van der Waals surface area contributed by atoms with Crippen LogP contribution in [-0.2, 0) is 23.9 Å². The summed E-state index contributed by atoms with van der Waals surface area (Å²) in [5.74, 6) is -2.13. The Kier molecular flexibility index (Phi) is 12.1. The van der Waals surface area contributed by atoms with Gasteiger partial charge in [0.05, 0.1) is 13.1 Å². The fourth-order valence-electron chi connectivity index (χ4n) is 1.34. The molecule has 0 spiro atoms. The summed E-state index contributed by atoms with van der Waals surface area (Å²) in [6, 6.07) is 0. The van der Waals surface area contributed by atoms with Gasteiger partial charge in [0.25, 0.3) is 0 Å². The highest BCUT2D eigenvalue weighted by Crippen LogP contribution is 1.73. The maximum atomic E-state index is 10.3. The Morgan fingerprint density at radius 2 is 1.22 bits per heavy atom. The summed E-state index contributed by atoms with van der Waals surface area (Å²) in [7, 11) is 0. The van der Waals surface area contributed by atoms with E-state index < -0.39 is 25.2 Å². The molecule has 2 saturated heterocycles. The van der Waals surface area contributed by atoms with Crippen LogP contribution in [0.2, 0.25) is 0 Å². The number of piperazine rings is 2. The third kappa shape index (κ3) is 16.0. The van der Waals surface area contributed by atoms with Gasteiger partial charge in [-0.25, -0.2) is 9.59 Å². The third-order valence-electron chi connectivity index (χ3n) is 2.27. The van der Waals surface area contributed by atoms with E-state index in [0.29, 0.717) is 13.1 Å². The molecule has 11 nitrogen and oxygen atoms in total. The molecule has 2 heterocycles. The smallest absolute Gasteiger partial charge is 0.329 e. The Morgan fingerprint density at radius 1 is 0.826 bits per heavy atom. The molecule has 0 bridgehead atoms. The number of nitrogens with one attached hydrogen (secondary N) is 4. The van der Waals surface area contributed by atoms with Gasteiger partial charge in [0.1, 0.15) is 13.2 Å². The van der Waals surface area contributed by atoms with E-state index in [1.54, 1.807) is 0 Å². The molecule has 11 heteroatoms. The van der Waals surface area contributed by atoms with E-state index in [0.717, 1.165) is 26.2 Å². The van der Waals surface area contributed by atoms with Gasteiger partial charge in [-0.3, -0.25) is 9.59 Å². The Bertz CT molecular complexity index is 351. The highest BCUT2D eigenvalue weighted by Gasteiger charge is 2.03. The zero-order valence-electron chi connectivity index (χ0n) is 12.6. The minimum atomic E-state index is -1.17. The first-order valence-electron chi connectivity index (χ1n) is 6.88. The molecule has 0 aromatic rings. The van der Waals surface area contributed by atoms with Gasteiger partial charge in [0.15, 0.2) is 0 Å². The van der Waals surface area contributed by atoms with Crippen LogP contribution in [0.4, 0.5) is 0 Å². The normalized spacial score (nSPS) is 16.5. The lowest BCUT2D eigenvalue weighted by Gasteiger charge is -2.11. The topological polar surface area (TPSA) is 166 Å². The molecule has 0 unspecified atom stereocenters. The summed E-state index contributed by atoms with van der Waals surface area (Å²) in [5.41, 5.74) is 0. The lowest BCUT2D eigenvalue weighted by atomic mass is 10.4. The summed E-state index contributed by atoms with van der Waals surface area (Å²) >= 11 is 0. The number of hydrogen-bond donors (Lipinski definition) is 6. The van der Waals surface area contributed by atoms with Crippen molar-refractivity contribution >= 4 is 23.8 Å². The van der Waals surface area contributed by atoms with Crippen molar-refractivity contribution in [2.24, 2.45) is 0 Å². The second-order valence-electron chi connectivity index (χ2n) is 4.33. The lowest BCUT2D eigenvalue weighted by Crippen LogP contribution is -2.44. The van der Waals surface area contributed by atoms with Crippen LogP contribution in [0.1, 0.15) is 0 Å². The molecule has 132 valence electrons. The minimum absolute atomic E-state index is 0.103. The van der Waals surface area contributed by atoms with Gasteiger partial charge >= 0.3 is 11.9 Å². The lowest BCUT2D eigenvalue weighted by molar-refractivity contribution is -0.148. The monoisotopic (exact) mass is 334 g/mol. The van der Waals surface area contributed by atoms with Crippen molar-refractivity contribution in [1.82, 2.24) is 21.3 Å². The predicted octanol–water partition coefficient (Wildman–Crippen LogP) is -3.42. The van der Waals surface area contributed by atoms with Gasteiger partial charge in [-0.1, -0.05) is 0 Å². The number of rotatable bonds is 4. The van der Waals surface area contributed by atoms with Crippen molar-refractivity contribution in [2.75, 3.05) is 52.5 Å². The first kappa shape index (κ1) is 20.8. The highest BCUT2D eigenvalue weighted by molar-refractivity contribution is 5.78. The molecule has 2 amide bonds. The van der Waals surface area contributed by atoms with E-state index in [9.17, 15) is 19.2 Å². The molecule has 6 N–H and O–H groups in total. The van der Waals surface area contributed by atoms with Crippen molar-refractivity contribution < 1.29 is 34.1 Å². The molecule has 0 aromatic carbocycles. The number of ether oxygens (including phenoxy) is 1. The van der Waals surface area contributed by atoms with E-state index in [-0.39, 0.29) is 11.8 Å². The van der Waals surface area contributed by atoms with E-state index >= 15 is 0 Å². The molecule has 2 fully saturated rings. The maximum absolute atomic E-state index is 10.3. The second kappa shape index (κ2) is 13.4. The Morgan fingerprint density at radius 3 is 1.39 bits per heavy atom. The zero-order chi connectivity index (χ0) is 17.5. The predicted molar refractivity (Wildman–Crippen MR) is 77.8 cm³/mol. The molecule has 0 saturated carbocycles. The van der Waals surface area contributed by atoms with Crippen molar-refractivity contribution in [3.8, 4) is 0 Å². The van der Waals surface area contributed by atoms with Gasteiger partial charge in [-0.05, 0) is 0 Å². The molecule has 2 aliphatic rings. The first-order valence-corrected chi connectivity index (χ1v) is 6.88.